The first-order valence-electron chi connectivity index (χ1n) is 11.3. The molecule has 13 nitrogen and oxygen atoms in total. The van der Waals surface area contributed by atoms with Crippen LogP contribution in [-0.4, -0.2) is 75.2 Å². The number of hydrogen-bond donors (Lipinski definition) is 8. The number of carboxylic acids is 1. The molecule has 1 aromatic carbocycles. The Balaban J connectivity index is 2.98. The number of aliphatic hydroxyl groups excluding tert-OH is 1. The summed E-state index contributed by atoms with van der Waals surface area (Å²) in [7, 11) is 0. The number of carbonyl (C=O) groups is 5. The van der Waals surface area contributed by atoms with Gasteiger partial charge < -0.3 is 42.7 Å². The maximum atomic E-state index is 12.9. The number of nitrogens with two attached hydrogens (primary N) is 2. The molecule has 0 aliphatic carbocycles. The number of phenols is 1. The quantitative estimate of drug-likeness (QED) is 0.140. The van der Waals surface area contributed by atoms with Crippen molar-refractivity contribution in [3.63, 3.8) is 0 Å². The predicted octanol–water partition coefficient (Wildman–Crippen LogP) is -1.90. The van der Waals surface area contributed by atoms with Gasteiger partial charge in [0.15, 0.2) is 6.04 Å². The monoisotopic (exact) mass is 509 g/mol. The number of aliphatic hydroxyl groups is 1. The standard InChI is InChI=1S/C23H35N5O8/c1-11(2)8-16(22(34)28-19(12(3)29)23(35)36)27-21(33)17(10-18(25)31)26-20(32)15(24)9-13-4-6-14(30)7-5-13/h4-7,11-12,15-17,19,29-30H,8-10,24H2,1-3H3,(H2,25,31)(H,26,32)(H,27,33)(H,28,34)(H,35,36). The van der Waals surface area contributed by atoms with Crippen LogP contribution in [-0.2, 0) is 30.4 Å². The molecule has 200 valence electrons. The van der Waals surface area contributed by atoms with Gasteiger partial charge in [-0.2, -0.15) is 0 Å². The van der Waals surface area contributed by atoms with E-state index in [-0.39, 0.29) is 24.5 Å². The van der Waals surface area contributed by atoms with Crippen LogP contribution in [0.3, 0.4) is 0 Å². The summed E-state index contributed by atoms with van der Waals surface area (Å²) >= 11 is 0. The first-order chi connectivity index (χ1) is 16.7. The molecule has 0 spiro atoms. The summed E-state index contributed by atoms with van der Waals surface area (Å²) in [5.74, 6) is -4.95. The van der Waals surface area contributed by atoms with Crippen molar-refractivity contribution >= 4 is 29.6 Å². The number of benzene rings is 1. The first-order valence-corrected chi connectivity index (χ1v) is 11.3. The number of rotatable bonds is 14. The highest BCUT2D eigenvalue weighted by molar-refractivity contribution is 5.96. The average molecular weight is 510 g/mol. The number of aromatic hydroxyl groups is 1. The van der Waals surface area contributed by atoms with E-state index in [0.717, 1.165) is 0 Å². The van der Waals surface area contributed by atoms with Crippen molar-refractivity contribution in [2.45, 2.75) is 70.3 Å². The van der Waals surface area contributed by atoms with Gasteiger partial charge in [0, 0.05) is 0 Å². The van der Waals surface area contributed by atoms with Crippen LogP contribution in [0.25, 0.3) is 0 Å². The van der Waals surface area contributed by atoms with Gasteiger partial charge in [-0.25, -0.2) is 4.79 Å². The summed E-state index contributed by atoms with van der Waals surface area (Å²) in [6.07, 6.45) is -1.81. The summed E-state index contributed by atoms with van der Waals surface area (Å²) in [4.78, 5) is 61.1. The maximum Gasteiger partial charge on any atom is 0.328 e. The van der Waals surface area contributed by atoms with Gasteiger partial charge in [-0.3, -0.25) is 19.2 Å². The third-order valence-corrected chi connectivity index (χ3v) is 5.15. The third kappa shape index (κ3) is 10.3. The van der Waals surface area contributed by atoms with Gasteiger partial charge in [0.2, 0.25) is 23.6 Å². The summed E-state index contributed by atoms with van der Waals surface area (Å²) in [5, 5.41) is 35.2. The van der Waals surface area contributed by atoms with Crippen LogP contribution in [0, 0.1) is 5.92 Å². The molecule has 0 saturated carbocycles. The second kappa shape index (κ2) is 14.0. The molecule has 0 heterocycles. The zero-order valence-corrected chi connectivity index (χ0v) is 20.4. The zero-order chi connectivity index (χ0) is 27.6. The van der Waals surface area contributed by atoms with E-state index in [0.29, 0.717) is 5.56 Å². The molecule has 4 amide bonds. The molecule has 0 bridgehead atoms. The molecule has 0 aromatic heterocycles. The zero-order valence-electron chi connectivity index (χ0n) is 20.4. The minimum Gasteiger partial charge on any atom is -0.508 e. The molecule has 5 unspecified atom stereocenters. The Kier molecular flexibility index (Phi) is 11.8. The molecule has 13 heteroatoms. The van der Waals surface area contributed by atoms with Crippen molar-refractivity contribution in [3.05, 3.63) is 29.8 Å². The maximum absolute atomic E-state index is 12.9. The Morgan fingerprint density at radius 1 is 0.889 bits per heavy atom. The van der Waals surface area contributed by atoms with Gasteiger partial charge in [0.05, 0.1) is 18.6 Å². The van der Waals surface area contributed by atoms with E-state index in [2.05, 4.69) is 16.0 Å². The second-order valence-electron chi connectivity index (χ2n) is 8.96. The molecule has 5 atom stereocenters. The Bertz CT molecular complexity index is 935. The highest BCUT2D eigenvalue weighted by atomic mass is 16.4. The summed E-state index contributed by atoms with van der Waals surface area (Å²) in [6, 6.07) is 0.612. The Morgan fingerprint density at radius 2 is 1.42 bits per heavy atom. The number of carbonyl (C=O) groups excluding carboxylic acids is 4. The molecule has 1 rings (SSSR count). The van der Waals surface area contributed by atoms with Crippen LogP contribution in [0.1, 0.15) is 39.2 Å². The highest BCUT2D eigenvalue weighted by Gasteiger charge is 2.32. The van der Waals surface area contributed by atoms with E-state index in [1.54, 1.807) is 26.0 Å². The third-order valence-electron chi connectivity index (χ3n) is 5.15. The van der Waals surface area contributed by atoms with E-state index >= 15 is 0 Å². The minimum atomic E-state index is -1.61. The summed E-state index contributed by atoms with van der Waals surface area (Å²) in [5.41, 5.74) is 11.8. The molecule has 0 radical (unpaired) electrons. The van der Waals surface area contributed by atoms with Gasteiger partial charge in [-0.15, -0.1) is 0 Å². The van der Waals surface area contributed by atoms with E-state index in [4.69, 9.17) is 11.5 Å². The second-order valence-corrected chi connectivity index (χ2v) is 8.96. The molecule has 0 saturated heterocycles. The summed E-state index contributed by atoms with van der Waals surface area (Å²) < 4.78 is 0. The number of primary amides is 1. The van der Waals surface area contributed by atoms with Gasteiger partial charge >= 0.3 is 5.97 Å². The Morgan fingerprint density at radius 3 is 1.89 bits per heavy atom. The van der Waals surface area contributed by atoms with Gasteiger partial charge in [-0.05, 0) is 43.4 Å². The van der Waals surface area contributed by atoms with Crippen LogP contribution in [0.4, 0.5) is 0 Å². The van der Waals surface area contributed by atoms with Crippen molar-refractivity contribution in [3.8, 4) is 5.75 Å². The fourth-order valence-electron chi connectivity index (χ4n) is 3.29. The van der Waals surface area contributed by atoms with Crippen molar-refractivity contribution < 1.29 is 39.3 Å². The lowest BCUT2D eigenvalue weighted by molar-refractivity contribution is -0.145. The lowest BCUT2D eigenvalue weighted by Crippen LogP contribution is -2.59. The molecule has 0 aliphatic rings. The number of carboxylic acid groups (broad SMARTS) is 1. The average Bonchev–Trinajstić information content (AvgIpc) is 2.76. The molecule has 1 aromatic rings. The molecule has 0 aliphatic heterocycles. The van der Waals surface area contributed by atoms with Crippen molar-refractivity contribution in [2.24, 2.45) is 17.4 Å². The van der Waals surface area contributed by atoms with Crippen LogP contribution in [0.15, 0.2) is 24.3 Å². The minimum absolute atomic E-state index is 0.0399. The lowest BCUT2D eigenvalue weighted by Gasteiger charge is -2.26. The topological polar surface area (TPSA) is 234 Å². The Labute approximate surface area is 208 Å². The van der Waals surface area contributed by atoms with Gasteiger partial charge in [0.1, 0.15) is 17.8 Å². The van der Waals surface area contributed by atoms with Crippen molar-refractivity contribution in [1.29, 1.82) is 0 Å². The number of aliphatic carboxylic acids is 1. The van der Waals surface area contributed by atoms with Crippen LogP contribution < -0.4 is 27.4 Å². The molecular formula is C23H35N5O8. The van der Waals surface area contributed by atoms with Crippen molar-refractivity contribution in [2.75, 3.05) is 0 Å². The van der Waals surface area contributed by atoms with Crippen molar-refractivity contribution in [1.82, 2.24) is 16.0 Å². The van der Waals surface area contributed by atoms with Gasteiger partial charge in [-0.1, -0.05) is 26.0 Å². The van der Waals surface area contributed by atoms with E-state index < -0.39 is 66.3 Å². The first kappa shape index (κ1) is 30.3. The molecule has 36 heavy (non-hydrogen) atoms. The fraction of sp³-hybridized carbons (Fsp3) is 0.522. The number of hydrogen-bond acceptors (Lipinski definition) is 8. The van der Waals surface area contributed by atoms with E-state index in [9.17, 15) is 39.3 Å². The predicted molar refractivity (Wildman–Crippen MR) is 128 cm³/mol. The molecular weight excluding hydrogens is 474 g/mol. The molecule has 10 N–H and O–H groups in total. The SMILES string of the molecule is CC(C)CC(NC(=O)C(CC(N)=O)NC(=O)C(N)Cc1ccc(O)cc1)C(=O)NC(C(=O)O)C(C)O. The van der Waals surface area contributed by atoms with Crippen LogP contribution in [0.2, 0.25) is 0 Å². The van der Waals surface area contributed by atoms with E-state index in [1.807, 2.05) is 0 Å². The summed E-state index contributed by atoms with van der Waals surface area (Å²) in [6.45, 7) is 4.72. The Hall–Kier alpha value is -3.71. The number of amides is 4. The van der Waals surface area contributed by atoms with Crippen LogP contribution >= 0.6 is 0 Å². The molecule has 0 fully saturated rings. The number of phenolic OH excluding ortho intramolecular Hbond substituents is 1. The largest absolute Gasteiger partial charge is 0.508 e. The van der Waals surface area contributed by atoms with Gasteiger partial charge in [0.25, 0.3) is 0 Å². The normalized spacial score (nSPS) is 15.2. The number of nitrogens with one attached hydrogen (secondary N) is 3. The van der Waals surface area contributed by atoms with E-state index in [1.165, 1.54) is 19.1 Å². The highest BCUT2D eigenvalue weighted by Crippen LogP contribution is 2.11. The fourth-order valence-corrected chi connectivity index (χ4v) is 3.29. The van der Waals surface area contributed by atoms with Crippen LogP contribution in [0.5, 0.6) is 5.75 Å². The lowest BCUT2D eigenvalue weighted by atomic mass is 10.0. The smallest absolute Gasteiger partial charge is 0.328 e.